The highest BCUT2D eigenvalue weighted by Gasteiger charge is 2.07. The summed E-state index contributed by atoms with van der Waals surface area (Å²) in [6.07, 6.45) is 3.88. The Hall–Kier alpha value is -1.36. The van der Waals surface area contributed by atoms with E-state index in [1.165, 1.54) is 10.5 Å². The van der Waals surface area contributed by atoms with Crippen LogP contribution in [0.25, 0.3) is 0 Å². The molecule has 0 fully saturated rings. The smallest absolute Gasteiger partial charge is 0.0558 e. The second-order valence-corrected chi connectivity index (χ2v) is 5.48. The number of aromatic nitrogens is 1. The van der Waals surface area contributed by atoms with Gasteiger partial charge < -0.3 is 5.11 Å². The van der Waals surface area contributed by atoms with Crippen molar-refractivity contribution < 1.29 is 5.11 Å². The topological polar surface area (TPSA) is 36.4 Å². The number of thioether (sulfide) groups is 1. The summed E-state index contributed by atoms with van der Waals surface area (Å²) in [5.41, 5.74) is 2.29. The molecule has 3 nitrogen and oxygen atoms in total. The van der Waals surface area contributed by atoms with Crippen molar-refractivity contribution in [1.29, 1.82) is 0 Å². The first-order valence-corrected chi connectivity index (χ1v) is 7.90. The van der Waals surface area contributed by atoms with Gasteiger partial charge in [0.2, 0.25) is 0 Å². The Balaban J connectivity index is 2.00. The van der Waals surface area contributed by atoms with E-state index < -0.39 is 0 Å². The first kappa shape index (κ1) is 15.0. The average Bonchev–Trinajstić information content (AvgIpc) is 2.49. The van der Waals surface area contributed by atoms with Gasteiger partial charge in [0, 0.05) is 30.7 Å². The van der Waals surface area contributed by atoms with Crippen molar-refractivity contribution in [1.82, 2.24) is 9.88 Å². The fourth-order valence-corrected chi connectivity index (χ4v) is 2.47. The molecule has 1 aromatic carbocycles. The molecule has 0 unspecified atom stereocenters. The lowest BCUT2D eigenvalue weighted by Crippen LogP contribution is -2.26. The highest BCUT2D eigenvalue weighted by Crippen LogP contribution is 2.16. The molecule has 0 aliphatic carbocycles. The van der Waals surface area contributed by atoms with Gasteiger partial charge in [0.25, 0.3) is 0 Å². The molecule has 20 heavy (non-hydrogen) atoms. The maximum absolute atomic E-state index is 9.21. The van der Waals surface area contributed by atoms with Gasteiger partial charge >= 0.3 is 0 Å². The van der Waals surface area contributed by atoms with Crippen LogP contribution < -0.4 is 0 Å². The third kappa shape index (κ3) is 4.63. The van der Waals surface area contributed by atoms with Crippen LogP contribution in [0.2, 0.25) is 0 Å². The summed E-state index contributed by atoms with van der Waals surface area (Å²) in [7, 11) is 0. The maximum Gasteiger partial charge on any atom is 0.0558 e. The first-order valence-electron chi connectivity index (χ1n) is 6.68. The Kier molecular flexibility index (Phi) is 6.05. The summed E-state index contributed by atoms with van der Waals surface area (Å²) in [4.78, 5) is 7.82. The van der Waals surface area contributed by atoms with Gasteiger partial charge in [-0.05, 0) is 36.1 Å². The third-order valence-electron chi connectivity index (χ3n) is 3.09. The molecule has 0 saturated carbocycles. The van der Waals surface area contributed by atoms with Crippen molar-refractivity contribution in [2.45, 2.75) is 18.0 Å². The summed E-state index contributed by atoms with van der Waals surface area (Å²) >= 11 is 1.75. The number of rotatable bonds is 7. The fraction of sp³-hybridized carbons (Fsp3) is 0.312. The van der Waals surface area contributed by atoms with Crippen LogP contribution in [0.3, 0.4) is 0 Å². The van der Waals surface area contributed by atoms with Crippen LogP contribution in [-0.4, -0.2) is 34.4 Å². The number of aliphatic hydroxyl groups is 1. The van der Waals surface area contributed by atoms with Gasteiger partial charge in [-0.25, -0.2) is 0 Å². The summed E-state index contributed by atoms with van der Waals surface area (Å²) in [5, 5.41) is 9.21. The van der Waals surface area contributed by atoms with Crippen LogP contribution in [-0.2, 0) is 13.1 Å². The molecule has 1 N–H and O–H groups in total. The van der Waals surface area contributed by atoms with Crippen LogP contribution in [0.4, 0.5) is 0 Å². The van der Waals surface area contributed by atoms with Crippen LogP contribution in [0.5, 0.6) is 0 Å². The minimum absolute atomic E-state index is 0.162. The number of pyridine rings is 1. The minimum Gasteiger partial charge on any atom is -0.395 e. The normalized spacial score (nSPS) is 10.9. The van der Waals surface area contributed by atoms with Gasteiger partial charge in [-0.1, -0.05) is 18.2 Å². The SMILES string of the molecule is CSc1ccc(CN(CCO)Cc2ccccn2)cc1. The molecule has 2 rings (SSSR count). The van der Waals surface area contributed by atoms with Crippen molar-refractivity contribution in [2.75, 3.05) is 19.4 Å². The predicted molar refractivity (Wildman–Crippen MR) is 83.7 cm³/mol. The molecule has 0 bridgehead atoms. The Morgan fingerprint density at radius 1 is 1.10 bits per heavy atom. The van der Waals surface area contributed by atoms with Gasteiger partial charge in [0.05, 0.1) is 12.3 Å². The zero-order valence-corrected chi connectivity index (χ0v) is 12.5. The Morgan fingerprint density at radius 2 is 1.90 bits per heavy atom. The Morgan fingerprint density at radius 3 is 2.50 bits per heavy atom. The minimum atomic E-state index is 0.162. The molecular formula is C16H20N2OS. The number of aliphatic hydroxyl groups excluding tert-OH is 1. The van der Waals surface area contributed by atoms with Gasteiger partial charge in [-0.15, -0.1) is 11.8 Å². The van der Waals surface area contributed by atoms with Crippen molar-refractivity contribution in [3.05, 3.63) is 59.9 Å². The number of hydrogen-bond acceptors (Lipinski definition) is 4. The Bertz CT molecular complexity index is 502. The van der Waals surface area contributed by atoms with Crippen molar-refractivity contribution in [3.8, 4) is 0 Å². The van der Waals surface area contributed by atoms with E-state index in [1.807, 2.05) is 18.2 Å². The predicted octanol–water partition coefficient (Wildman–Crippen LogP) is 2.80. The lowest BCUT2D eigenvalue weighted by molar-refractivity contribution is 0.183. The molecule has 0 atom stereocenters. The number of benzene rings is 1. The molecular weight excluding hydrogens is 268 g/mol. The van der Waals surface area contributed by atoms with Crippen LogP contribution >= 0.6 is 11.8 Å². The van der Waals surface area contributed by atoms with Crippen LogP contribution in [0, 0.1) is 0 Å². The van der Waals surface area contributed by atoms with Gasteiger partial charge in [0.1, 0.15) is 0 Å². The average molecular weight is 288 g/mol. The monoisotopic (exact) mass is 288 g/mol. The van der Waals surface area contributed by atoms with E-state index in [0.29, 0.717) is 6.54 Å². The number of hydrogen-bond donors (Lipinski definition) is 1. The summed E-state index contributed by atoms with van der Waals surface area (Å²) in [6, 6.07) is 14.5. The van der Waals surface area contributed by atoms with E-state index in [0.717, 1.165) is 18.8 Å². The fourth-order valence-electron chi connectivity index (χ4n) is 2.07. The highest BCUT2D eigenvalue weighted by atomic mass is 32.2. The van der Waals surface area contributed by atoms with Crippen molar-refractivity contribution in [3.63, 3.8) is 0 Å². The molecule has 0 radical (unpaired) electrons. The molecule has 1 heterocycles. The van der Waals surface area contributed by atoms with Gasteiger partial charge in [0.15, 0.2) is 0 Å². The molecule has 4 heteroatoms. The highest BCUT2D eigenvalue weighted by molar-refractivity contribution is 7.98. The largest absolute Gasteiger partial charge is 0.395 e. The quantitative estimate of drug-likeness (QED) is 0.795. The molecule has 0 spiro atoms. The van der Waals surface area contributed by atoms with E-state index in [9.17, 15) is 5.11 Å². The van der Waals surface area contributed by atoms with Gasteiger partial charge in [-0.3, -0.25) is 9.88 Å². The molecule has 1 aromatic heterocycles. The zero-order valence-electron chi connectivity index (χ0n) is 11.7. The molecule has 0 saturated heterocycles. The zero-order chi connectivity index (χ0) is 14.2. The first-order chi connectivity index (χ1) is 9.81. The summed E-state index contributed by atoms with van der Waals surface area (Å²) < 4.78 is 0. The standard InChI is InChI=1S/C16H20N2OS/c1-20-16-7-5-14(6-8-16)12-18(10-11-19)13-15-4-2-3-9-17-15/h2-9,19H,10-13H2,1H3. The molecule has 0 aliphatic heterocycles. The van der Waals surface area contributed by atoms with Crippen LogP contribution in [0.1, 0.15) is 11.3 Å². The van der Waals surface area contributed by atoms with E-state index in [-0.39, 0.29) is 6.61 Å². The van der Waals surface area contributed by atoms with Crippen molar-refractivity contribution >= 4 is 11.8 Å². The van der Waals surface area contributed by atoms with E-state index in [2.05, 4.69) is 40.4 Å². The van der Waals surface area contributed by atoms with Gasteiger partial charge in [-0.2, -0.15) is 0 Å². The lowest BCUT2D eigenvalue weighted by atomic mass is 10.2. The summed E-state index contributed by atoms with van der Waals surface area (Å²) in [6.45, 7) is 2.40. The lowest BCUT2D eigenvalue weighted by Gasteiger charge is -2.21. The molecule has 0 amide bonds. The number of nitrogens with zero attached hydrogens (tertiary/aromatic N) is 2. The van der Waals surface area contributed by atoms with E-state index in [4.69, 9.17) is 0 Å². The summed E-state index contributed by atoms with van der Waals surface area (Å²) in [5.74, 6) is 0. The van der Waals surface area contributed by atoms with E-state index in [1.54, 1.807) is 18.0 Å². The Labute approximate surface area is 124 Å². The molecule has 106 valence electrons. The second-order valence-electron chi connectivity index (χ2n) is 4.60. The van der Waals surface area contributed by atoms with Crippen LogP contribution in [0.15, 0.2) is 53.6 Å². The molecule has 0 aliphatic rings. The van der Waals surface area contributed by atoms with E-state index >= 15 is 0 Å². The third-order valence-corrected chi connectivity index (χ3v) is 3.84. The second kappa shape index (κ2) is 8.04. The maximum atomic E-state index is 9.21. The molecule has 2 aromatic rings. The van der Waals surface area contributed by atoms with Crippen molar-refractivity contribution in [2.24, 2.45) is 0 Å².